The molecule has 8 aromatic rings. The Morgan fingerprint density at radius 3 is 1.95 bits per heavy atom. The van der Waals surface area contributed by atoms with Crippen LogP contribution in [0.2, 0.25) is 0 Å². The Morgan fingerprint density at radius 1 is 0.583 bits per heavy atom. The van der Waals surface area contributed by atoms with Gasteiger partial charge < -0.3 is 5.11 Å². The van der Waals surface area contributed by atoms with Gasteiger partial charge in [0.25, 0.3) is 0 Å². The van der Waals surface area contributed by atoms with Crippen LogP contribution in [0.15, 0.2) is 140 Å². The molecular formula is C55H54N3OPt-. The normalized spacial score (nSPS) is 13.1. The molecule has 2 aromatic heterocycles. The summed E-state index contributed by atoms with van der Waals surface area (Å²) >= 11 is 0. The molecule has 2 heterocycles. The predicted molar refractivity (Wildman–Crippen MR) is 247 cm³/mol. The maximum Gasteiger partial charge on any atom is 0.148 e. The van der Waals surface area contributed by atoms with Crippen molar-refractivity contribution in [1.82, 2.24) is 14.5 Å². The van der Waals surface area contributed by atoms with Crippen LogP contribution >= 0.6 is 0 Å². The zero-order chi connectivity index (χ0) is 44.4. The van der Waals surface area contributed by atoms with E-state index in [9.17, 15) is 5.11 Å². The first kappa shape index (κ1) is 38.6. The molecule has 0 amide bonds. The van der Waals surface area contributed by atoms with E-state index in [1.54, 1.807) is 18.3 Å². The van der Waals surface area contributed by atoms with Crippen molar-refractivity contribution >= 4 is 11.0 Å². The minimum atomic E-state index is -2.17. The van der Waals surface area contributed by atoms with Crippen LogP contribution in [0.3, 0.4) is 0 Å². The number of aromatic nitrogens is 3. The van der Waals surface area contributed by atoms with Crippen molar-refractivity contribution in [2.24, 2.45) is 0 Å². The summed E-state index contributed by atoms with van der Waals surface area (Å²) < 4.78 is 25.7. The van der Waals surface area contributed by atoms with Crippen LogP contribution < -0.4 is 0 Å². The van der Waals surface area contributed by atoms with Crippen molar-refractivity contribution in [3.05, 3.63) is 168 Å². The number of aromatic hydroxyl groups is 1. The second-order valence-corrected chi connectivity index (χ2v) is 18.7. The van der Waals surface area contributed by atoms with Gasteiger partial charge in [0.15, 0.2) is 0 Å². The molecule has 0 unspecified atom stereocenters. The quantitative estimate of drug-likeness (QED) is 0.169. The number of imidazole rings is 1. The van der Waals surface area contributed by atoms with E-state index in [-0.39, 0.29) is 43.1 Å². The number of benzene rings is 6. The largest absolute Gasteiger partial charge is 0.507 e. The van der Waals surface area contributed by atoms with Gasteiger partial charge in [0, 0.05) is 42.6 Å². The van der Waals surface area contributed by atoms with Gasteiger partial charge in [-0.1, -0.05) is 170 Å². The molecule has 0 saturated carbocycles. The second-order valence-electron chi connectivity index (χ2n) is 18.7. The summed E-state index contributed by atoms with van der Waals surface area (Å²) in [6, 6.07) is 48.6. The number of hydrogen-bond acceptors (Lipinski definition) is 3. The minimum Gasteiger partial charge on any atom is -0.507 e. The van der Waals surface area contributed by atoms with Gasteiger partial charge in [-0.25, -0.2) is 4.98 Å². The second kappa shape index (κ2) is 16.1. The van der Waals surface area contributed by atoms with Gasteiger partial charge in [0.2, 0.25) is 0 Å². The third-order valence-electron chi connectivity index (χ3n) is 11.2. The number of rotatable bonds is 6. The van der Waals surface area contributed by atoms with Gasteiger partial charge in [-0.3, -0.25) is 9.55 Å². The monoisotopic (exact) mass is 970 g/mol. The molecule has 0 bridgehead atoms. The van der Waals surface area contributed by atoms with Crippen molar-refractivity contribution in [3.63, 3.8) is 0 Å². The van der Waals surface area contributed by atoms with Crippen molar-refractivity contribution in [2.45, 2.75) is 85.4 Å². The molecule has 0 saturated heterocycles. The van der Waals surface area contributed by atoms with E-state index in [1.165, 1.54) is 5.56 Å². The molecule has 306 valence electrons. The number of pyridine rings is 1. The van der Waals surface area contributed by atoms with E-state index in [2.05, 4.69) is 146 Å². The van der Waals surface area contributed by atoms with E-state index >= 15 is 0 Å². The fraction of sp³-hybridized carbons (Fsp3) is 0.236. The number of nitrogens with zero attached hydrogens (tertiary/aromatic N) is 3. The summed E-state index contributed by atoms with van der Waals surface area (Å²) in [5.74, 6) is 0.857. The fourth-order valence-electron chi connectivity index (χ4n) is 7.82. The summed E-state index contributed by atoms with van der Waals surface area (Å²) in [7, 11) is 0. The van der Waals surface area contributed by atoms with E-state index in [0.717, 1.165) is 72.5 Å². The van der Waals surface area contributed by atoms with Gasteiger partial charge in [-0.05, 0) is 81.2 Å². The Balaban J connectivity index is 0.00000595. The maximum atomic E-state index is 12.1. The molecule has 0 aliphatic rings. The molecule has 4 nitrogen and oxygen atoms in total. The first-order valence-electron chi connectivity index (χ1n) is 21.9. The van der Waals surface area contributed by atoms with Gasteiger partial charge in [0.1, 0.15) is 11.6 Å². The van der Waals surface area contributed by atoms with Crippen molar-refractivity contribution in [1.29, 1.82) is 0 Å². The third kappa shape index (κ3) is 8.28. The van der Waals surface area contributed by atoms with Crippen molar-refractivity contribution < 1.29 is 30.3 Å². The van der Waals surface area contributed by atoms with E-state index in [0.29, 0.717) is 17.0 Å². The summed E-state index contributed by atoms with van der Waals surface area (Å²) in [6.07, 6.45) is 1.79. The first-order valence-corrected chi connectivity index (χ1v) is 20.4. The molecule has 0 aliphatic heterocycles. The Bertz CT molecular complexity index is 2950. The number of phenols is 1. The van der Waals surface area contributed by atoms with Crippen LogP contribution in [-0.2, 0) is 37.3 Å². The van der Waals surface area contributed by atoms with Crippen molar-refractivity contribution in [3.8, 4) is 67.5 Å². The molecule has 0 atom stereocenters. The SMILES string of the molecule is [2H]C([2H])([2H])c1ccc(-c2ccnc(-c3[c-]c(-c4cccc5c4nc(-c4cccc(C(C)(C)C)c4O)n5-c4ccc(C(C)(C)C)cc4-c4ccccc4)cc(C(C)(C)C)c3)c2)cc1.[Pt]. The molecule has 1 N–H and O–H groups in total. The number of para-hydroxylation sites is 2. The molecule has 6 aromatic carbocycles. The summed E-state index contributed by atoms with van der Waals surface area (Å²) in [6.45, 7) is 17.5. The smallest absolute Gasteiger partial charge is 0.148 e. The summed E-state index contributed by atoms with van der Waals surface area (Å²) in [5, 5.41) is 12.1. The van der Waals surface area contributed by atoms with Crippen LogP contribution in [0.1, 0.15) is 88.7 Å². The van der Waals surface area contributed by atoms with Crippen LogP contribution in [0.4, 0.5) is 0 Å². The van der Waals surface area contributed by atoms with E-state index < -0.39 is 6.85 Å². The first-order chi connectivity index (χ1) is 29.2. The third-order valence-corrected chi connectivity index (χ3v) is 11.2. The number of fused-ring (bicyclic) bond motifs is 1. The van der Waals surface area contributed by atoms with Gasteiger partial charge in [-0.15, -0.1) is 29.3 Å². The molecule has 60 heavy (non-hydrogen) atoms. The Hall–Kier alpha value is -5.57. The Kier molecular flexibility index (Phi) is 10.4. The average molecular weight is 971 g/mol. The molecule has 0 fully saturated rings. The summed E-state index contributed by atoms with van der Waals surface area (Å²) in [5.41, 5.74) is 13.5. The number of phenolic OH excluding ortho intramolecular Hbond substituents is 1. The average Bonchev–Trinajstić information content (AvgIpc) is 3.62. The molecule has 0 radical (unpaired) electrons. The van der Waals surface area contributed by atoms with E-state index in [1.807, 2.05) is 48.5 Å². The van der Waals surface area contributed by atoms with E-state index in [4.69, 9.17) is 14.1 Å². The Labute approximate surface area is 374 Å². The van der Waals surface area contributed by atoms with Crippen LogP contribution in [0, 0.1) is 12.9 Å². The molecule has 0 aliphatic carbocycles. The predicted octanol–water partition coefficient (Wildman–Crippen LogP) is 14.5. The van der Waals surface area contributed by atoms with Crippen LogP contribution in [-0.4, -0.2) is 19.6 Å². The molecule has 0 spiro atoms. The zero-order valence-corrected chi connectivity index (χ0v) is 38.2. The van der Waals surface area contributed by atoms with Gasteiger partial charge >= 0.3 is 0 Å². The van der Waals surface area contributed by atoms with Gasteiger partial charge in [-0.2, -0.15) is 0 Å². The van der Waals surface area contributed by atoms with Crippen molar-refractivity contribution in [2.75, 3.05) is 0 Å². The standard InChI is InChI=1S/C55H54N3O.Pt/c1-35-22-24-36(25-23-35)38-28-29-56-47(33-38)40-30-39(31-42(32-40)54(5,6)7)43-18-15-21-49-50(43)57-52(44-19-14-20-46(51(44)59)55(8,9)10)58(49)48-27-26-41(53(2,3)4)34-45(48)37-16-12-11-13-17-37;/h11-29,31-34,59H,1-10H3;/q-1;/i1D3;. The fourth-order valence-corrected chi connectivity index (χ4v) is 7.82. The zero-order valence-electron chi connectivity index (χ0n) is 38.9. The van der Waals surface area contributed by atoms with Crippen LogP contribution in [0.5, 0.6) is 5.75 Å². The minimum absolute atomic E-state index is 0. The number of hydrogen-bond donors (Lipinski definition) is 1. The topological polar surface area (TPSA) is 50.9 Å². The molecule has 5 heteroatoms. The summed E-state index contributed by atoms with van der Waals surface area (Å²) in [4.78, 5) is 10.4. The molecule has 8 rings (SSSR count). The van der Waals surface area contributed by atoms with Gasteiger partial charge in [0.05, 0.1) is 22.3 Å². The molecular weight excluding hydrogens is 914 g/mol. The number of aryl methyl sites for hydroxylation is 1. The Morgan fingerprint density at radius 2 is 1.27 bits per heavy atom. The van der Waals surface area contributed by atoms with Crippen LogP contribution in [0.25, 0.3) is 72.7 Å². The maximum absolute atomic E-state index is 12.1.